The van der Waals surface area contributed by atoms with E-state index in [4.69, 9.17) is 4.74 Å². The molecule has 96 valence electrons. The summed E-state index contributed by atoms with van der Waals surface area (Å²) in [5.74, 6) is -0.323. The molecule has 1 amide bonds. The molecule has 0 aliphatic heterocycles. The number of hydrogen-bond donors (Lipinski definition) is 1. The molecule has 0 aromatic rings. The van der Waals surface area contributed by atoms with Crippen LogP contribution in [-0.4, -0.2) is 24.5 Å². The first-order chi connectivity index (χ1) is 8.10. The minimum Gasteiger partial charge on any atom is -0.463 e. The van der Waals surface area contributed by atoms with E-state index in [1.165, 1.54) is 0 Å². The van der Waals surface area contributed by atoms with Gasteiger partial charge in [-0.25, -0.2) is 0 Å². The maximum absolute atomic E-state index is 11.3. The Hall–Kier alpha value is -1.58. The predicted molar refractivity (Wildman–Crippen MR) is 67.4 cm³/mol. The topological polar surface area (TPSA) is 55.4 Å². The monoisotopic (exact) mass is 239 g/mol. The maximum atomic E-state index is 11.3. The standard InChI is InChI=1S/C13H21NO3/c1-4-6-8-12(15)14-11(3)10-17-13(16)9-7-5-2/h4-5,11H,1-2,6-10H2,3H3,(H,14,15)/t11-/m1/s1. The van der Waals surface area contributed by atoms with Gasteiger partial charge in [0.2, 0.25) is 5.91 Å². The van der Waals surface area contributed by atoms with Crippen molar-refractivity contribution in [1.29, 1.82) is 0 Å². The second kappa shape index (κ2) is 9.63. The average molecular weight is 239 g/mol. The van der Waals surface area contributed by atoms with E-state index in [-0.39, 0.29) is 24.5 Å². The van der Waals surface area contributed by atoms with Gasteiger partial charge >= 0.3 is 5.97 Å². The molecule has 0 bridgehead atoms. The van der Waals surface area contributed by atoms with Gasteiger partial charge in [0.15, 0.2) is 0 Å². The van der Waals surface area contributed by atoms with E-state index in [1.54, 1.807) is 19.1 Å². The van der Waals surface area contributed by atoms with Crippen molar-refractivity contribution in [1.82, 2.24) is 5.32 Å². The molecule has 0 rings (SSSR count). The molecule has 1 atom stereocenters. The summed E-state index contributed by atoms with van der Waals surface area (Å²) >= 11 is 0. The van der Waals surface area contributed by atoms with Crippen LogP contribution in [0.4, 0.5) is 0 Å². The van der Waals surface area contributed by atoms with Gasteiger partial charge in [0.1, 0.15) is 6.61 Å². The van der Waals surface area contributed by atoms with E-state index in [2.05, 4.69) is 18.5 Å². The van der Waals surface area contributed by atoms with Crippen LogP contribution >= 0.6 is 0 Å². The van der Waals surface area contributed by atoms with Crippen LogP contribution in [0.25, 0.3) is 0 Å². The second-order valence-electron chi connectivity index (χ2n) is 3.81. The Bertz CT molecular complexity index is 274. The lowest BCUT2D eigenvalue weighted by Crippen LogP contribution is -2.36. The normalized spacial score (nSPS) is 11.4. The third-order valence-corrected chi connectivity index (χ3v) is 2.03. The van der Waals surface area contributed by atoms with Gasteiger partial charge in [0.25, 0.3) is 0 Å². The van der Waals surface area contributed by atoms with Crippen molar-refractivity contribution in [3.63, 3.8) is 0 Å². The Morgan fingerprint density at radius 2 is 1.82 bits per heavy atom. The van der Waals surface area contributed by atoms with Gasteiger partial charge < -0.3 is 10.1 Å². The van der Waals surface area contributed by atoms with Crippen LogP contribution in [-0.2, 0) is 14.3 Å². The lowest BCUT2D eigenvalue weighted by atomic mass is 10.2. The summed E-state index contributed by atoms with van der Waals surface area (Å²) in [5.41, 5.74) is 0. The predicted octanol–water partition coefficient (Wildman–Crippen LogP) is 1.97. The van der Waals surface area contributed by atoms with Crippen molar-refractivity contribution in [2.75, 3.05) is 6.61 Å². The molecular formula is C13H21NO3. The molecule has 17 heavy (non-hydrogen) atoms. The summed E-state index contributed by atoms with van der Waals surface area (Å²) < 4.78 is 4.99. The average Bonchev–Trinajstić information content (AvgIpc) is 2.31. The number of amides is 1. The zero-order valence-corrected chi connectivity index (χ0v) is 10.4. The molecule has 0 heterocycles. The van der Waals surface area contributed by atoms with Crippen molar-refractivity contribution in [3.05, 3.63) is 25.3 Å². The highest BCUT2D eigenvalue weighted by atomic mass is 16.5. The molecule has 0 spiro atoms. The second-order valence-corrected chi connectivity index (χ2v) is 3.81. The van der Waals surface area contributed by atoms with Crippen LogP contribution in [0.5, 0.6) is 0 Å². The van der Waals surface area contributed by atoms with Gasteiger partial charge in [0.05, 0.1) is 6.04 Å². The van der Waals surface area contributed by atoms with Crippen molar-refractivity contribution in [2.45, 2.75) is 38.6 Å². The van der Waals surface area contributed by atoms with Gasteiger partial charge in [-0.3, -0.25) is 9.59 Å². The van der Waals surface area contributed by atoms with E-state index in [0.717, 1.165) is 0 Å². The highest BCUT2D eigenvalue weighted by molar-refractivity contribution is 5.76. The maximum Gasteiger partial charge on any atom is 0.306 e. The Kier molecular flexibility index (Phi) is 8.74. The van der Waals surface area contributed by atoms with Crippen molar-refractivity contribution >= 4 is 11.9 Å². The number of esters is 1. The Balaban J connectivity index is 3.67. The van der Waals surface area contributed by atoms with E-state index < -0.39 is 0 Å². The van der Waals surface area contributed by atoms with Crippen molar-refractivity contribution < 1.29 is 14.3 Å². The van der Waals surface area contributed by atoms with Gasteiger partial charge in [-0.05, 0) is 19.8 Å². The van der Waals surface area contributed by atoms with Gasteiger partial charge in [-0.15, -0.1) is 13.2 Å². The number of hydrogen-bond acceptors (Lipinski definition) is 3. The first-order valence-corrected chi connectivity index (χ1v) is 5.77. The fraction of sp³-hybridized carbons (Fsp3) is 0.538. The number of nitrogens with one attached hydrogen (secondary N) is 1. The molecule has 0 fully saturated rings. The van der Waals surface area contributed by atoms with Crippen LogP contribution in [0.3, 0.4) is 0 Å². The smallest absolute Gasteiger partial charge is 0.306 e. The van der Waals surface area contributed by atoms with E-state index >= 15 is 0 Å². The highest BCUT2D eigenvalue weighted by Gasteiger charge is 2.09. The number of carbonyl (C=O) groups is 2. The molecule has 4 nitrogen and oxygen atoms in total. The van der Waals surface area contributed by atoms with Crippen molar-refractivity contribution in [2.24, 2.45) is 0 Å². The van der Waals surface area contributed by atoms with Crippen LogP contribution in [0, 0.1) is 0 Å². The SMILES string of the molecule is C=CCCC(=O)N[C@H](C)COC(=O)CCC=C. The number of ether oxygens (including phenoxy) is 1. The molecule has 0 aliphatic carbocycles. The van der Waals surface area contributed by atoms with Gasteiger partial charge in [-0.1, -0.05) is 12.2 Å². The number of allylic oxidation sites excluding steroid dienone is 2. The minimum absolute atomic E-state index is 0.0560. The first-order valence-electron chi connectivity index (χ1n) is 5.77. The Morgan fingerprint density at radius 1 is 1.24 bits per heavy atom. The molecule has 0 aliphatic rings. The van der Waals surface area contributed by atoms with Crippen molar-refractivity contribution in [3.8, 4) is 0 Å². The molecule has 0 radical (unpaired) electrons. The molecule has 0 saturated heterocycles. The van der Waals surface area contributed by atoms with Crippen LogP contribution in [0.2, 0.25) is 0 Å². The van der Waals surface area contributed by atoms with E-state index in [0.29, 0.717) is 25.7 Å². The van der Waals surface area contributed by atoms with Crippen LogP contribution in [0.1, 0.15) is 32.6 Å². The highest BCUT2D eigenvalue weighted by Crippen LogP contribution is 1.96. The van der Waals surface area contributed by atoms with Crippen LogP contribution in [0.15, 0.2) is 25.3 Å². The summed E-state index contributed by atoms with van der Waals surface area (Å²) in [6.07, 6.45) is 5.37. The molecule has 1 N–H and O–H groups in total. The molecule has 0 aromatic carbocycles. The Morgan fingerprint density at radius 3 is 2.41 bits per heavy atom. The largest absolute Gasteiger partial charge is 0.463 e. The van der Waals surface area contributed by atoms with Gasteiger partial charge in [0, 0.05) is 12.8 Å². The molecule has 0 saturated carbocycles. The lowest BCUT2D eigenvalue weighted by Gasteiger charge is -2.13. The zero-order valence-electron chi connectivity index (χ0n) is 10.4. The summed E-state index contributed by atoms with van der Waals surface area (Å²) in [6.45, 7) is 9.07. The quantitative estimate of drug-likeness (QED) is 0.494. The summed E-state index contributed by atoms with van der Waals surface area (Å²) in [6, 6.07) is -0.167. The minimum atomic E-state index is -0.267. The van der Waals surface area contributed by atoms with Crippen LogP contribution < -0.4 is 5.32 Å². The molecule has 0 aromatic heterocycles. The third-order valence-electron chi connectivity index (χ3n) is 2.03. The van der Waals surface area contributed by atoms with E-state index in [9.17, 15) is 9.59 Å². The molecule has 4 heteroatoms. The van der Waals surface area contributed by atoms with Gasteiger partial charge in [-0.2, -0.15) is 0 Å². The third kappa shape index (κ3) is 9.35. The molecular weight excluding hydrogens is 218 g/mol. The van der Waals surface area contributed by atoms with E-state index in [1.807, 2.05) is 0 Å². The fourth-order valence-corrected chi connectivity index (χ4v) is 1.13. The number of rotatable bonds is 9. The fourth-order valence-electron chi connectivity index (χ4n) is 1.13. The summed E-state index contributed by atoms with van der Waals surface area (Å²) in [7, 11) is 0. The Labute approximate surface area is 103 Å². The zero-order chi connectivity index (χ0) is 13.1. The summed E-state index contributed by atoms with van der Waals surface area (Å²) in [4.78, 5) is 22.5. The molecule has 0 unspecified atom stereocenters. The summed E-state index contributed by atoms with van der Waals surface area (Å²) in [5, 5.41) is 2.74. The number of carbonyl (C=O) groups excluding carboxylic acids is 2. The first kappa shape index (κ1) is 15.4. The lowest BCUT2D eigenvalue weighted by molar-refractivity contribution is -0.144.